The molecule has 1 saturated heterocycles. The Morgan fingerprint density at radius 2 is 1.78 bits per heavy atom. The van der Waals surface area contributed by atoms with Crippen molar-refractivity contribution in [3.8, 4) is 0 Å². The standard InChI is InChI=1S/C17H18Br2N2OS/c1-12-2-4-13(5-3-12)11-20-6-8-21(9-7-20)17(22)15-10-14(18)16(19)23-15/h2-5,10H,6-9,11H2,1H3. The van der Waals surface area contributed by atoms with E-state index < -0.39 is 0 Å². The second-order valence-corrected chi connectivity index (χ2v) is 9.01. The molecule has 122 valence electrons. The Kier molecular flexibility index (Phi) is 5.57. The zero-order chi connectivity index (χ0) is 16.4. The van der Waals surface area contributed by atoms with Gasteiger partial charge >= 0.3 is 0 Å². The molecule has 0 spiro atoms. The fraction of sp³-hybridized carbons (Fsp3) is 0.353. The van der Waals surface area contributed by atoms with Gasteiger partial charge in [-0.15, -0.1) is 11.3 Å². The monoisotopic (exact) mass is 456 g/mol. The summed E-state index contributed by atoms with van der Waals surface area (Å²) < 4.78 is 1.92. The molecule has 3 nitrogen and oxygen atoms in total. The Balaban J connectivity index is 1.55. The van der Waals surface area contributed by atoms with Gasteiger partial charge in [-0.3, -0.25) is 9.69 Å². The molecule has 3 rings (SSSR count). The molecule has 0 aliphatic carbocycles. The number of nitrogens with zero attached hydrogens (tertiary/aromatic N) is 2. The van der Waals surface area contributed by atoms with Crippen molar-refractivity contribution in [3.63, 3.8) is 0 Å². The lowest BCUT2D eigenvalue weighted by atomic mass is 10.1. The van der Waals surface area contributed by atoms with Crippen LogP contribution in [-0.4, -0.2) is 41.9 Å². The molecule has 0 saturated carbocycles. The smallest absolute Gasteiger partial charge is 0.264 e. The fourth-order valence-electron chi connectivity index (χ4n) is 2.67. The summed E-state index contributed by atoms with van der Waals surface area (Å²) in [5.41, 5.74) is 2.62. The first-order valence-corrected chi connectivity index (χ1v) is 9.95. The van der Waals surface area contributed by atoms with E-state index in [2.05, 4.69) is 67.9 Å². The van der Waals surface area contributed by atoms with Crippen molar-refractivity contribution in [1.82, 2.24) is 9.80 Å². The van der Waals surface area contributed by atoms with Crippen LogP contribution >= 0.6 is 43.2 Å². The highest BCUT2D eigenvalue weighted by Gasteiger charge is 2.23. The van der Waals surface area contributed by atoms with E-state index in [4.69, 9.17) is 0 Å². The molecular weight excluding hydrogens is 440 g/mol. The van der Waals surface area contributed by atoms with E-state index in [0.29, 0.717) is 0 Å². The number of amides is 1. The van der Waals surface area contributed by atoms with E-state index in [1.807, 2.05) is 11.0 Å². The van der Waals surface area contributed by atoms with E-state index in [1.165, 1.54) is 22.5 Å². The van der Waals surface area contributed by atoms with Crippen molar-refractivity contribution < 1.29 is 4.79 Å². The van der Waals surface area contributed by atoms with Crippen molar-refractivity contribution in [1.29, 1.82) is 0 Å². The average molecular weight is 458 g/mol. The minimum atomic E-state index is 0.136. The van der Waals surface area contributed by atoms with Gasteiger partial charge in [0.2, 0.25) is 0 Å². The van der Waals surface area contributed by atoms with E-state index in [9.17, 15) is 4.79 Å². The largest absolute Gasteiger partial charge is 0.335 e. The summed E-state index contributed by atoms with van der Waals surface area (Å²) >= 11 is 8.38. The van der Waals surface area contributed by atoms with E-state index in [0.717, 1.165) is 45.9 Å². The molecule has 1 aromatic heterocycles. The molecule has 1 fully saturated rings. The summed E-state index contributed by atoms with van der Waals surface area (Å²) in [4.78, 5) is 17.7. The normalized spacial score (nSPS) is 15.9. The topological polar surface area (TPSA) is 23.6 Å². The number of halogens is 2. The highest BCUT2D eigenvalue weighted by atomic mass is 79.9. The maximum Gasteiger partial charge on any atom is 0.264 e. The van der Waals surface area contributed by atoms with Crippen molar-refractivity contribution in [2.24, 2.45) is 0 Å². The van der Waals surface area contributed by atoms with Gasteiger partial charge in [0.15, 0.2) is 0 Å². The quantitative estimate of drug-likeness (QED) is 0.675. The second-order valence-electron chi connectivity index (χ2n) is 5.79. The van der Waals surface area contributed by atoms with Gasteiger partial charge in [0.05, 0.1) is 8.66 Å². The maximum absolute atomic E-state index is 12.5. The van der Waals surface area contributed by atoms with Crippen LogP contribution in [0.1, 0.15) is 20.8 Å². The Hall–Kier alpha value is -0.690. The molecule has 1 aliphatic heterocycles. The summed E-state index contributed by atoms with van der Waals surface area (Å²) in [6, 6.07) is 10.6. The van der Waals surface area contributed by atoms with Crippen molar-refractivity contribution in [3.05, 3.63) is 54.6 Å². The summed E-state index contributed by atoms with van der Waals surface area (Å²) in [7, 11) is 0. The molecule has 2 heterocycles. The summed E-state index contributed by atoms with van der Waals surface area (Å²) in [5, 5.41) is 0. The first-order valence-electron chi connectivity index (χ1n) is 7.55. The van der Waals surface area contributed by atoms with Crippen LogP contribution in [0.15, 0.2) is 38.6 Å². The SMILES string of the molecule is Cc1ccc(CN2CCN(C(=O)c3cc(Br)c(Br)s3)CC2)cc1. The van der Waals surface area contributed by atoms with Crippen molar-refractivity contribution in [2.75, 3.05) is 26.2 Å². The highest BCUT2D eigenvalue weighted by molar-refractivity contribution is 9.13. The van der Waals surface area contributed by atoms with Crippen LogP contribution in [-0.2, 0) is 6.54 Å². The van der Waals surface area contributed by atoms with Gasteiger partial charge in [-0.25, -0.2) is 0 Å². The number of carbonyl (C=O) groups excluding carboxylic acids is 1. The summed E-state index contributed by atoms with van der Waals surface area (Å²) in [5.74, 6) is 0.136. The van der Waals surface area contributed by atoms with Crippen LogP contribution in [0.2, 0.25) is 0 Å². The third-order valence-corrected chi connectivity index (χ3v) is 7.29. The first-order chi connectivity index (χ1) is 11.0. The van der Waals surface area contributed by atoms with Crippen LogP contribution in [0.5, 0.6) is 0 Å². The molecule has 0 atom stereocenters. The van der Waals surface area contributed by atoms with Crippen LogP contribution in [0.25, 0.3) is 0 Å². The van der Waals surface area contributed by atoms with Gasteiger partial charge in [0, 0.05) is 37.2 Å². The molecule has 0 unspecified atom stereocenters. The van der Waals surface area contributed by atoms with Gasteiger partial charge in [0.1, 0.15) is 0 Å². The third kappa shape index (κ3) is 4.24. The fourth-order valence-corrected chi connectivity index (χ4v) is 4.67. The van der Waals surface area contributed by atoms with E-state index in [1.54, 1.807) is 0 Å². The first kappa shape index (κ1) is 17.1. The Bertz CT molecular complexity index is 672. The van der Waals surface area contributed by atoms with Crippen molar-refractivity contribution in [2.45, 2.75) is 13.5 Å². The number of carbonyl (C=O) groups is 1. The van der Waals surface area contributed by atoms with Crippen LogP contribution in [0, 0.1) is 6.92 Å². The molecule has 0 radical (unpaired) electrons. The Labute approximate surface area is 157 Å². The lowest BCUT2D eigenvalue weighted by molar-refractivity contribution is 0.0633. The van der Waals surface area contributed by atoms with Gasteiger partial charge in [0.25, 0.3) is 5.91 Å². The molecule has 0 bridgehead atoms. The average Bonchev–Trinajstić information content (AvgIpc) is 2.89. The lowest BCUT2D eigenvalue weighted by Crippen LogP contribution is -2.48. The molecule has 0 N–H and O–H groups in total. The van der Waals surface area contributed by atoms with Crippen LogP contribution in [0.4, 0.5) is 0 Å². The van der Waals surface area contributed by atoms with Gasteiger partial charge < -0.3 is 4.90 Å². The predicted molar refractivity (Wildman–Crippen MR) is 102 cm³/mol. The third-order valence-electron chi connectivity index (χ3n) is 4.04. The second kappa shape index (κ2) is 7.47. The van der Waals surface area contributed by atoms with Gasteiger partial charge in [-0.05, 0) is 50.4 Å². The molecule has 1 amide bonds. The maximum atomic E-state index is 12.5. The number of hydrogen-bond acceptors (Lipinski definition) is 3. The van der Waals surface area contributed by atoms with Gasteiger partial charge in [-0.2, -0.15) is 0 Å². The molecule has 6 heteroatoms. The molecule has 2 aromatic rings. The number of hydrogen-bond donors (Lipinski definition) is 0. The minimum absolute atomic E-state index is 0.136. The predicted octanol–water partition coefficient (Wildman–Crippen LogP) is 4.54. The number of piperazine rings is 1. The van der Waals surface area contributed by atoms with E-state index >= 15 is 0 Å². The Morgan fingerprint density at radius 3 is 2.35 bits per heavy atom. The van der Waals surface area contributed by atoms with E-state index in [-0.39, 0.29) is 5.91 Å². The number of aryl methyl sites for hydroxylation is 1. The number of thiophene rings is 1. The molecule has 1 aliphatic rings. The minimum Gasteiger partial charge on any atom is -0.335 e. The summed E-state index contributed by atoms with van der Waals surface area (Å²) in [6.07, 6.45) is 0. The summed E-state index contributed by atoms with van der Waals surface area (Å²) in [6.45, 7) is 6.49. The molecule has 1 aromatic carbocycles. The number of rotatable bonds is 3. The van der Waals surface area contributed by atoms with Crippen LogP contribution < -0.4 is 0 Å². The Morgan fingerprint density at radius 1 is 1.13 bits per heavy atom. The van der Waals surface area contributed by atoms with Gasteiger partial charge in [-0.1, -0.05) is 29.8 Å². The molecule has 23 heavy (non-hydrogen) atoms. The van der Waals surface area contributed by atoms with Crippen molar-refractivity contribution >= 4 is 49.1 Å². The number of benzene rings is 1. The lowest BCUT2D eigenvalue weighted by Gasteiger charge is -2.34. The molecular formula is C17H18Br2N2OS. The van der Waals surface area contributed by atoms with Crippen LogP contribution in [0.3, 0.4) is 0 Å². The highest BCUT2D eigenvalue weighted by Crippen LogP contribution is 2.33. The zero-order valence-corrected chi connectivity index (χ0v) is 16.9. The zero-order valence-electron chi connectivity index (χ0n) is 12.9.